The van der Waals surface area contributed by atoms with Gasteiger partial charge >= 0.3 is 5.97 Å². The molecule has 0 aliphatic rings. The van der Waals surface area contributed by atoms with Crippen LogP contribution in [0.2, 0.25) is 0 Å². The lowest BCUT2D eigenvalue weighted by Gasteiger charge is -2.18. The number of carbonyl (C=O) groups is 1. The first-order chi connectivity index (χ1) is 6.63. The van der Waals surface area contributed by atoms with E-state index in [1.807, 2.05) is 4.72 Å². The van der Waals surface area contributed by atoms with Crippen molar-refractivity contribution in [2.75, 3.05) is 6.54 Å². The van der Waals surface area contributed by atoms with E-state index in [1.165, 1.54) is 6.07 Å². The van der Waals surface area contributed by atoms with Crippen molar-refractivity contribution >= 4 is 16.0 Å². The highest BCUT2D eigenvalue weighted by molar-refractivity contribution is 7.90. The lowest BCUT2D eigenvalue weighted by Crippen LogP contribution is -2.48. The standard InChI is InChI=1S/C7H12N2O5S/c1-5(3-8)15(13,14)9-4-7(2,12)6(10)11/h5,9,12H,4H2,1-2H3,(H,10,11). The van der Waals surface area contributed by atoms with Crippen molar-refractivity contribution in [1.29, 1.82) is 5.26 Å². The quantitative estimate of drug-likeness (QED) is 0.541. The molecule has 0 heterocycles. The molecule has 15 heavy (non-hydrogen) atoms. The number of nitrogens with zero attached hydrogens (tertiary/aromatic N) is 1. The minimum atomic E-state index is -3.91. The molecule has 2 unspecified atom stereocenters. The van der Waals surface area contributed by atoms with Crippen LogP contribution in [0.25, 0.3) is 0 Å². The molecule has 0 fully saturated rings. The average molecular weight is 236 g/mol. The SMILES string of the molecule is CC(C#N)S(=O)(=O)NCC(C)(O)C(=O)O. The van der Waals surface area contributed by atoms with Gasteiger partial charge in [0.15, 0.2) is 10.9 Å². The van der Waals surface area contributed by atoms with Crippen LogP contribution in [0, 0.1) is 11.3 Å². The van der Waals surface area contributed by atoms with Gasteiger partial charge < -0.3 is 10.2 Å². The summed E-state index contributed by atoms with van der Waals surface area (Å²) in [5, 5.41) is 24.7. The monoisotopic (exact) mass is 236 g/mol. The fourth-order valence-electron chi connectivity index (χ4n) is 0.511. The third-order valence-corrected chi connectivity index (χ3v) is 3.31. The summed E-state index contributed by atoms with van der Waals surface area (Å²) in [5.41, 5.74) is -2.19. The summed E-state index contributed by atoms with van der Waals surface area (Å²) < 4.78 is 24.2. The van der Waals surface area contributed by atoms with E-state index < -0.39 is 33.4 Å². The van der Waals surface area contributed by atoms with Gasteiger partial charge in [0.25, 0.3) is 0 Å². The molecule has 0 saturated heterocycles. The van der Waals surface area contributed by atoms with Gasteiger partial charge in [-0.1, -0.05) is 0 Å². The fourth-order valence-corrected chi connectivity index (χ4v) is 1.38. The number of carboxylic acid groups (broad SMARTS) is 1. The van der Waals surface area contributed by atoms with Crippen LogP contribution in [0.15, 0.2) is 0 Å². The van der Waals surface area contributed by atoms with Gasteiger partial charge in [-0.05, 0) is 13.8 Å². The van der Waals surface area contributed by atoms with E-state index >= 15 is 0 Å². The molecule has 3 N–H and O–H groups in total. The summed E-state index contributed by atoms with van der Waals surface area (Å²) in [5.74, 6) is -1.55. The van der Waals surface area contributed by atoms with Crippen molar-refractivity contribution < 1.29 is 23.4 Å². The Morgan fingerprint density at radius 2 is 2.13 bits per heavy atom. The Morgan fingerprint density at radius 3 is 2.47 bits per heavy atom. The Morgan fingerprint density at radius 1 is 1.67 bits per heavy atom. The van der Waals surface area contributed by atoms with E-state index in [0.29, 0.717) is 0 Å². The molecule has 0 bridgehead atoms. The summed E-state index contributed by atoms with van der Waals surface area (Å²) in [6.07, 6.45) is 0. The zero-order valence-electron chi connectivity index (χ0n) is 8.26. The van der Waals surface area contributed by atoms with Gasteiger partial charge in [-0.2, -0.15) is 5.26 Å². The largest absolute Gasteiger partial charge is 0.479 e. The molecule has 0 aromatic heterocycles. The van der Waals surface area contributed by atoms with Crippen molar-refractivity contribution in [3.05, 3.63) is 0 Å². The zero-order valence-corrected chi connectivity index (χ0v) is 9.08. The van der Waals surface area contributed by atoms with E-state index in [4.69, 9.17) is 10.4 Å². The number of aliphatic carboxylic acids is 1. The van der Waals surface area contributed by atoms with Gasteiger partial charge in [-0.25, -0.2) is 17.9 Å². The number of hydrogen-bond donors (Lipinski definition) is 3. The molecule has 0 aliphatic heterocycles. The van der Waals surface area contributed by atoms with Crippen molar-refractivity contribution in [3.63, 3.8) is 0 Å². The molecule has 86 valence electrons. The highest BCUT2D eigenvalue weighted by atomic mass is 32.2. The van der Waals surface area contributed by atoms with E-state index in [9.17, 15) is 18.3 Å². The Hall–Kier alpha value is -1.17. The summed E-state index contributed by atoms with van der Waals surface area (Å²) in [7, 11) is -3.91. The third kappa shape index (κ3) is 3.83. The van der Waals surface area contributed by atoms with Gasteiger partial charge in [0.1, 0.15) is 0 Å². The van der Waals surface area contributed by atoms with Crippen molar-refractivity contribution in [2.45, 2.75) is 24.7 Å². The second-order valence-electron chi connectivity index (χ2n) is 3.22. The van der Waals surface area contributed by atoms with Crippen LogP contribution in [0.1, 0.15) is 13.8 Å². The predicted molar refractivity (Wildman–Crippen MR) is 50.3 cm³/mol. The third-order valence-electron chi connectivity index (χ3n) is 1.73. The molecule has 0 amide bonds. The second-order valence-corrected chi connectivity index (χ2v) is 5.30. The molecule has 0 aromatic rings. The van der Waals surface area contributed by atoms with Gasteiger partial charge in [0.2, 0.25) is 10.0 Å². The van der Waals surface area contributed by atoms with E-state index in [-0.39, 0.29) is 0 Å². The molecule has 0 aromatic carbocycles. The van der Waals surface area contributed by atoms with Gasteiger partial charge in [0, 0.05) is 6.54 Å². The number of nitriles is 1. The minimum Gasteiger partial charge on any atom is -0.479 e. The normalized spacial score (nSPS) is 17.5. The number of nitrogens with one attached hydrogen (secondary N) is 1. The van der Waals surface area contributed by atoms with E-state index in [1.54, 1.807) is 0 Å². The maximum absolute atomic E-state index is 11.2. The van der Waals surface area contributed by atoms with Crippen LogP contribution in [0.5, 0.6) is 0 Å². The number of aliphatic hydroxyl groups is 1. The fraction of sp³-hybridized carbons (Fsp3) is 0.714. The number of hydrogen-bond acceptors (Lipinski definition) is 5. The Bertz CT molecular complexity index is 381. The van der Waals surface area contributed by atoms with Crippen LogP contribution in [-0.2, 0) is 14.8 Å². The Labute approximate surface area is 87.4 Å². The van der Waals surface area contributed by atoms with Crippen molar-refractivity contribution in [2.24, 2.45) is 0 Å². The molecular formula is C7H12N2O5S. The maximum Gasteiger partial charge on any atom is 0.336 e. The van der Waals surface area contributed by atoms with Crippen molar-refractivity contribution in [3.8, 4) is 6.07 Å². The molecular weight excluding hydrogens is 224 g/mol. The number of rotatable bonds is 5. The highest BCUT2D eigenvalue weighted by Crippen LogP contribution is 2.04. The first-order valence-electron chi connectivity index (χ1n) is 3.97. The molecule has 2 atom stereocenters. The number of sulfonamides is 1. The molecule has 0 radical (unpaired) electrons. The van der Waals surface area contributed by atoms with Crippen LogP contribution in [0.4, 0.5) is 0 Å². The molecule has 0 rings (SSSR count). The van der Waals surface area contributed by atoms with Gasteiger partial charge in [-0.15, -0.1) is 0 Å². The lowest BCUT2D eigenvalue weighted by atomic mass is 10.1. The predicted octanol–water partition coefficient (Wildman–Crippen LogP) is -1.35. The molecule has 0 aliphatic carbocycles. The highest BCUT2D eigenvalue weighted by Gasteiger charge is 2.32. The van der Waals surface area contributed by atoms with Crippen molar-refractivity contribution in [1.82, 2.24) is 4.72 Å². The Kier molecular flexibility index (Phi) is 4.21. The first-order valence-corrected chi connectivity index (χ1v) is 5.52. The Balaban J connectivity index is 4.56. The number of carboxylic acids is 1. The average Bonchev–Trinajstić information content (AvgIpc) is 2.13. The topological polar surface area (TPSA) is 127 Å². The summed E-state index contributed by atoms with van der Waals surface area (Å²) in [4.78, 5) is 10.4. The van der Waals surface area contributed by atoms with E-state index in [0.717, 1.165) is 13.8 Å². The second kappa shape index (κ2) is 4.57. The van der Waals surface area contributed by atoms with Crippen LogP contribution in [0.3, 0.4) is 0 Å². The van der Waals surface area contributed by atoms with Crippen LogP contribution < -0.4 is 4.72 Å². The maximum atomic E-state index is 11.2. The van der Waals surface area contributed by atoms with Crippen LogP contribution in [-0.4, -0.2) is 42.0 Å². The molecule has 8 heteroatoms. The minimum absolute atomic E-state index is 0.684. The van der Waals surface area contributed by atoms with Gasteiger partial charge in [0.05, 0.1) is 6.07 Å². The first kappa shape index (κ1) is 13.8. The summed E-state index contributed by atoms with van der Waals surface area (Å²) >= 11 is 0. The van der Waals surface area contributed by atoms with Crippen LogP contribution >= 0.6 is 0 Å². The zero-order chi connectivity index (χ0) is 12.3. The molecule has 0 saturated carbocycles. The lowest BCUT2D eigenvalue weighted by molar-refractivity contribution is -0.155. The van der Waals surface area contributed by atoms with E-state index in [2.05, 4.69) is 0 Å². The molecule has 7 nitrogen and oxygen atoms in total. The smallest absolute Gasteiger partial charge is 0.336 e. The summed E-state index contributed by atoms with van der Waals surface area (Å²) in [6, 6.07) is 1.49. The summed E-state index contributed by atoms with van der Waals surface area (Å²) in [6.45, 7) is 1.42. The van der Waals surface area contributed by atoms with Gasteiger partial charge in [-0.3, -0.25) is 0 Å². The molecule has 0 spiro atoms.